The van der Waals surface area contributed by atoms with Crippen LogP contribution < -0.4 is 5.32 Å². The average Bonchev–Trinajstić information content (AvgIpc) is 2.31. The maximum absolute atomic E-state index is 13.2. The van der Waals surface area contributed by atoms with Crippen molar-refractivity contribution < 1.29 is 13.9 Å². The number of rotatable bonds is 5. The lowest BCUT2D eigenvalue weighted by Crippen LogP contribution is -2.39. The fourth-order valence-corrected chi connectivity index (χ4v) is 1.88. The minimum Gasteiger partial charge on any atom is -0.383 e. The standard InChI is InChI=1S/C11H12BrClFNO2/c1-17-6-7(5-13)15-11(16)8-3-2-4-9(14)10(8)12/h2-4,7H,5-6H2,1H3,(H,15,16). The maximum Gasteiger partial charge on any atom is 0.252 e. The molecule has 6 heteroatoms. The Morgan fingerprint density at radius 1 is 1.65 bits per heavy atom. The lowest BCUT2D eigenvalue weighted by Gasteiger charge is -2.15. The van der Waals surface area contributed by atoms with Crippen molar-refractivity contribution in [1.29, 1.82) is 0 Å². The van der Waals surface area contributed by atoms with Gasteiger partial charge in [-0.15, -0.1) is 11.6 Å². The molecule has 0 radical (unpaired) electrons. The van der Waals surface area contributed by atoms with Crippen molar-refractivity contribution >= 4 is 33.4 Å². The van der Waals surface area contributed by atoms with Crippen molar-refractivity contribution in [3.8, 4) is 0 Å². The van der Waals surface area contributed by atoms with Gasteiger partial charge >= 0.3 is 0 Å². The van der Waals surface area contributed by atoms with Crippen LogP contribution in [0.2, 0.25) is 0 Å². The van der Waals surface area contributed by atoms with Gasteiger partial charge in [0, 0.05) is 13.0 Å². The first-order chi connectivity index (χ1) is 8.10. The summed E-state index contributed by atoms with van der Waals surface area (Å²) in [5.74, 6) is -0.641. The molecule has 0 heterocycles. The average molecular weight is 325 g/mol. The molecule has 3 nitrogen and oxygen atoms in total. The van der Waals surface area contributed by atoms with Gasteiger partial charge in [0.25, 0.3) is 5.91 Å². The monoisotopic (exact) mass is 323 g/mol. The lowest BCUT2D eigenvalue weighted by molar-refractivity contribution is 0.0905. The third-order valence-corrected chi connectivity index (χ3v) is 3.26. The van der Waals surface area contributed by atoms with Gasteiger partial charge in [-0.2, -0.15) is 0 Å². The Kier molecular flexibility index (Phi) is 5.88. The van der Waals surface area contributed by atoms with Crippen molar-refractivity contribution in [1.82, 2.24) is 5.32 Å². The largest absolute Gasteiger partial charge is 0.383 e. The van der Waals surface area contributed by atoms with Crippen molar-refractivity contribution in [3.63, 3.8) is 0 Å². The first kappa shape index (κ1) is 14.4. The van der Waals surface area contributed by atoms with Crippen molar-refractivity contribution in [3.05, 3.63) is 34.1 Å². The number of halogens is 3. The Bertz CT molecular complexity index is 403. The highest BCUT2D eigenvalue weighted by molar-refractivity contribution is 9.10. The molecule has 1 unspecified atom stereocenters. The number of benzene rings is 1. The molecule has 17 heavy (non-hydrogen) atoms. The van der Waals surface area contributed by atoms with E-state index in [0.717, 1.165) is 0 Å². The molecule has 0 aliphatic heterocycles. The molecule has 0 saturated heterocycles. The Balaban J connectivity index is 2.79. The predicted octanol–water partition coefficient (Wildman–Crippen LogP) is 2.57. The van der Waals surface area contributed by atoms with Gasteiger partial charge in [-0.1, -0.05) is 6.07 Å². The molecule has 94 valence electrons. The third-order valence-electron chi connectivity index (χ3n) is 2.09. The molecule has 0 fully saturated rings. The van der Waals surface area contributed by atoms with Crippen LogP contribution >= 0.6 is 27.5 Å². The fraction of sp³-hybridized carbons (Fsp3) is 0.364. The number of alkyl halides is 1. The summed E-state index contributed by atoms with van der Waals surface area (Å²) in [5, 5.41) is 2.66. The summed E-state index contributed by atoms with van der Waals surface area (Å²) in [6.07, 6.45) is 0. The molecule has 1 N–H and O–H groups in total. The molecular formula is C11H12BrClFNO2. The van der Waals surface area contributed by atoms with Crippen molar-refractivity contribution in [2.24, 2.45) is 0 Å². The fourth-order valence-electron chi connectivity index (χ4n) is 1.27. The minimum atomic E-state index is -0.480. The summed E-state index contributed by atoms with van der Waals surface area (Å²) in [5.41, 5.74) is 0.233. The third kappa shape index (κ3) is 3.94. The van der Waals surface area contributed by atoms with Gasteiger partial charge in [0.05, 0.1) is 22.7 Å². The highest BCUT2D eigenvalue weighted by Gasteiger charge is 2.16. The van der Waals surface area contributed by atoms with E-state index in [4.69, 9.17) is 16.3 Å². The highest BCUT2D eigenvalue weighted by atomic mass is 79.9. The second-order valence-electron chi connectivity index (χ2n) is 3.38. The number of carbonyl (C=O) groups excluding carboxylic acids is 1. The molecule has 1 aromatic rings. The summed E-state index contributed by atoms with van der Waals surface area (Å²) in [6, 6.07) is 3.97. The van der Waals surface area contributed by atoms with Crippen LogP contribution in [0.1, 0.15) is 10.4 Å². The Labute approximate surface area is 112 Å². The zero-order chi connectivity index (χ0) is 12.8. The molecule has 0 bridgehead atoms. The van der Waals surface area contributed by atoms with Gasteiger partial charge < -0.3 is 10.1 Å². The topological polar surface area (TPSA) is 38.3 Å². The molecule has 1 aromatic carbocycles. The molecular weight excluding hydrogens is 312 g/mol. The Morgan fingerprint density at radius 3 is 2.94 bits per heavy atom. The zero-order valence-corrected chi connectivity index (χ0v) is 11.5. The van der Waals surface area contributed by atoms with Gasteiger partial charge in [0.2, 0.25) is 0 Å². The predicted molar refractivity (Wildman–Crippen MR) is 68.0 cm³/mol. The molecule has 0 aliphatic carbocycles. The molecule has 0 aromatic heterocycles. The Morgan fingerprint density at radius 2 is 2.35 bits per heavy atom. The maximum atomic E-state index is 13.2. The Hall–Kier alpha value is -0.650. The van der Waals surface area contributed by atoms with E-state index in [1.807, 2.05) is 0 Å². The molecule has 0 aliphatic rings. The van der Waals surface area contributed by atoms with E-state index >= 15 is 0 Å². The van der Waals surface area contributed by atoms with Crippen LogP contribution in [0.5, 0.6) is 0 Å². The van der Waals surface area contributed by atoms with Gasteiger partial charge in [-0.25, -0.2) is 4.39 Å². The van der Waals surface area contributed by atoms with Crippen LogP contribution in [0.15, 0.2) is 22.7 Å². The van der Waals surface area contributed by atoms with Gasteiger partial charge in [-0.05, 0) is 28.1 Å². The summed E-state index contributed by atoms with van der Waals surface area (Å²) >= 11 is 8.70. The number of hydrogen-bond acceptors (Lipinski definition) is 2. The molecule has 1 atom stereocenters. The quantitative estimate of drug-likeness (QED) is 0.846. The number of amides is 1. The lowest BCUT2D eigenvalue weighted by atomic mass is 10.2. The number of hydrogen-bond donors (Lipinski definition) is 1. The minimum absolute atomic E-state index is 0.142. The second-order valence-corrected chi connectivity index (χ2v) is 4.48. The van der Waals surface area contributed by atoms with Gasteiger partial charge in [-0.3, -0.25) is 4.79 Å². The summed E-state index contributed by atoms with van der Waals surface area (Å²) < 4.78 is 18.3. The van der Waals surface area contributed by atoms with E-state index in [1.165, 1.54) is 25.3 Å². The number of carbonyl (C=O) groups is 1. The van der Waals surface area contributed by atoms with Crippen LogP contribution in [0.4, 0.5) is 4.39 Å². The van der Waals surface area contributed by atoms with E-state index in [-0.39, 0.29) is 27.9 Å². The normalized spacial score (nSPS) is 12.2. The molecule has 1 rings (SSSR count). The molecule has 0 spiro atoms. The summed E-state index contributed by atoms with van der Waals surface area (Å²) in [4.78, 5) is 11.8. The molecule has 1 amide bonds. The number of nitrogens with one attached hydrogen (secondary N) is 1. The van der Waals surface area contributed by atoms with Crippen LogP contribution in [0, 0.1) is 5.82 Å². The summed E-state index contributed by atoms with van der Waals surface area (Å²) in [6.45, 7) is 0.308. The van der Waals surface area contributed by atoms with Crippen LogP contribution in [0.25, 0.3) is 0 Å². The highest BCUT2D eigenvalue weighted by Crippen LogP contribution is 2.20. The van der Waals surface area contributed by atoms with E-state index in [9.17, 15) is 9.18 Å². The van der Waals surface area contributed by atoms with E-state index < -0.39 is 5.82 Å². The number of methoxy groups -OCH3 is 1. The first-order valence-corrected chi connectivity index (χ1v) is 6.22. The smallest absolute Gasteiger partial charge is 0.252 e. The van der Waals surface area contributed by atoms with Crippen LogP contribution in [-0.2, 0) is 4.74 Å². The van der Waals surface area contributed by atoms with Crippen molar-refractivity contribution in [2.45, 2.75) is 6.04 Å². The van der Waals surface area contributed by atoms with E-state index in [2.05, 4.69) is 21.2 Å². The summed E-state index contributed by atoms with van der Waals surface area (Å²) in [7, 11) is 1.52. The van der Waals surface area contributed by atoms with Gasteiger partial charge in [0.1, 0.15) is 5.82 Å². The molecule has 0 saturated carbocycles. The van der Waals surface area contributed by atoms with E-state index in [0.29, 0.717) is 6.61 Å². The van der Waals surface area contributed by atoms with Gasteiger partial charge in [0.15, 0.2) is 0 Å². The van der Waals surface area contributed by atoms with Crippen molar-refractivity contribution in [2.75, 3.05) is 19.6 Å². The van der Waals surface area contributed by atoms with Crippen LogP contribution in [-0.4, -0.2) is 31.5 Å². The zero-order valence-electron chi connectivity index (χ0n) is 9.17. The second kappa shape index (κ2) is 6.93. The number of ether oxygens (including phenoxy) is 1. The van der Waals surface area contributed by atoms with E-state index in [1.54, 1.807) is 0 Å². The first-order valence-electron chi connectivity index (χ1n) is 4.90. The SMILES string of the molecule is COCC(CCl)NC(=O)c1cccc(F)c1Br. The van der Waals surface area contributed by atoms with Crippen LogP contribution in [0.3, 0.4) is 0 Å².